The molecule has 128 valence electrons. The number of para-hydroxylation sites is 1. The van der Waals surface area contributed by atoms with Gasteiger partial charge < -0.3 is 10.3 Å². The number of hydrogen-bond acceptors (Lipinski definition) is 3. The first kappa shape index (κ1) is 16.0. The standard InChI is InChI=1S/C21H18N4O/c26-21(20-14-22-10-11-23-20)25-12-17(15-6-2-1-3-7-15)18-13-24-19-9-5-4-8-16(18)19/h1-11,13-14,17,24H,12H2,(H,25,26)/t17-/m0/s1. The van der Waals surface area contributed by atoms with Crippen molar-refractivity contribution in [2.24, 2.45) is 0 Å². The minimum atomic E-state index is -0.223. The van der Waals surface area contributed by atoms with Gasteiger partial charge in [0.1, 0.15) is 5.69 Å². The minimum absolute atomic E-state index is 0.0352. The van der Waals surface area contributed by atoms with Crippen LogP contribution < -0.4 is 5.32 Å². The number of nitrogens with zero attached hydrogens (tertiary/aromatic N) is 2. The first-order valence-corrected chi connectivity index (χ1v) is 8.48. The van der Waals surface area contributed by atoms with Crippen molar-refractivity contribution in [1.29, 1.82) is 0 Å². The third-order valence-corrected chi connectivity index (χ3v) is 4.46. The van der Waals surface area contributed by atoms with E-state index in [9.17, 15) is 4.79 Å². The van der Waals surface area contributed by atoms with Crippen molar-refractivity contribution in [3.8, 4) is 0 Å². The summed E-state index contributed by atoms with van der Waals surface area (Å²) in [6.45, 7) is 0.473. The molecular formula is C21H18N4O. The molecule has 0 fully saturated rings. The van der Waals surface area contributed by atoms with Crippen molar-refractivity contribution in [2.75, 3.05) is 6.54 Å². The number of rotatable bonds is 5. The average Bonchev–Trinajstić information content (AvgIpc) is 3.14. The molecule has 0 saturated heterocycles. The molecule has 0 aliphatic rings. The number of carbonyl (C=O) groups excluding carboxylic acids is 1. The van der Waals surface area contributed by atoms with Gasteiger partial charge in [0.25, 0.3) is 5.91 Å². The van der Waals surface area contributed by atoms with E-state index in [0.717, 1.165) is 22.0 Å². The topological polar surface area (TPSA) is 70.7 Å². The zero-order valence-electron chi connectivity index (χ0n) is 14.1. The number of fused-ring (bicyclic) bond motifs is 1. The molecule has 5 nitrogen and oxygen atoms in total. The van der Waals surface area contributed by atoms with Gasteiger partial charge in [-0.25, -0.2) is 4.98 Å². The summed E-state index contributed by atoms with van der Waals surface area (Å²) in [5, 5.41) is 4.16. The van der Waals surface area contributed by atoms with Crippen molar-refractivity contribution in [2.45, 2.75) is 5.92 Å². The van der Waals surface area contributed by atoms with Crippen molar-refractivity contribution in [1.82, 2.24) is 20.3 Å². The third kappa shape index (κ3) is 3.19. The summed E-state index contributed by atoms with van der Waals surface area (Å²) in [4.78, 5) is 23.7. The van der Waals surface area contributed by atoms with Crippen molar-refractivity contribution in [3.63, 3.8) is 0 Å². The van der Waals surface area contributed by atoms with Crippen molar-refractivity contribution >= 4 is 16.8 Å². The first-order chi connectivity index (χ1) is 12.8. The van der Waals surface area contributed by atoms with Crippen LogP contribution in [0.2, 0.25) is 0 Å². The molecule has 0 aliphatic heterocycles. The van der Waals surface area contributed by atoms with E-state index < -0.39 is 0 Å². The number of benzene rings is 2. The molecule has 0 saturated carbocycles. The van der Waals surface area contributed by atoms with Gasteiger partial charge >= 0.3 is 0 Å². The second-order valence-corrected chi connectivity index (χ2v) is 6.05. The van der Waals surface area contributed by atoms with Crippen LogP contribution in [0.15, 0.2) is 79.4 Å². The molecule has 0 unspecified atom stereocenters. The summed E-state index contributed by atoms with van der Waals surface area (Å²) in [5.41, 5.74) is 3.71. The van der Waals surface area contributed by atoms with Gasteiger partial charge in [0.15, 0.2) is 0 Å². The van der Waals surface area contributed by atoms with Crippen LogP contribution in [0.25, 0.3) is 10.9 Å². The minimum Gasteiger partial charge on any atom is -0.361 e. The Morgan fingerprint density at radius 3 is 2.65 bits per heavy atom. The Hall–Kier alpha value is -3.47. The number of H-pyrrole nitrogens is 1. The second-order valence-electron chi connectivity index (χ2n) is 6.05. The zero-order chi connectivity index (χ0) is 17.8. The number of aromatic nitrogens is 3. The van der Waals surface area contributed by atoms with Crippen LogP contribution >= 0.6 is 0 Å². The van der Waals surface area contributed by atoms with E-state index in [1.165, 1.54) is 12.4 Å². The summed E-state index contributed by atoms with van der Waals surface area (Å²) in [5.74, 6) is -0.188. The molecule has 4 rings (SSSR count). The van der Waals surface area contributed by atoms with Crippen LogP contribution in [0.5, 0.6) is 0 Å². The molecule has 2 aromatic carbocycles. The van der Waals surface area contributed by atoms with Crippen LogP contribution in [0.4, 0.5) is 0 Å². The molecular weight excluding hydrogens is 324 g/mol. The van der Waals surface area contributed by atoms with Crippen molar-refractivity contribution in [3.05, 3.63) is 96.2 Å². The molecule has 4 aromatic rings. The Morgan fingerprint density at radius 1 is 1.04 bits per heavy atom. The number of carbonyl (C=O) groups is 1. The van der Waals surface area contributed by atoms with E-state index in [1.807, 2.05) is 36.5 Å². The molecule has 2 heterocycles. The van der Waals surface area contributed by atoms with Gasteiger partial charge in [0.2, 0.25) is 0 Å². The highest BCUT2D eigenvalue weighted by Crippen LogP contribution is 2.30. The molecule has 2 N–H and O–H groups in total. The van der Waals surface area contributed by atoms with Gasteiger partial charge in [-0.05, 0) is 17.2 Å². The molecule has 0 spiro atoms. The van der Waals surface area contributed by atoms with Crippen LogP contribution in [0.1, 0.15) is 27.5 Å². The maximum Gasteiger partial charge on any atom is 0.271 e. The maximum absolute atomic E-state index is 12.4. The Labute approximate surface area is 151 Å². The molecule has 0 bridgehead atoms. The van der Waals surface area contributed by atoms with E-state index in [4.69, 9.17) is 0 Å². The van der Waals surface area contributed by atoms with Crippen LogP contribution in [0.3, 0.4) is 0 Å². The molecule has 0 radical (unpaired) electrons. The highest BCUT2D eigenvalue weighted by Gasteiger charge is 2.19. The van der Waals surface area contributed by atoms with Gasteiger partial charge in [-0.3, -0.25) is 9.78 Å². The largest absolute Gasteiger partial charge is 0.361 e. The lowest BCUT2D eigenvalue weighted by Gasteiger charge is -2.18. The molecule has 26 heavy (non-hydrogen) atoms. The van der Waals surface area contributed by atoms with Gasteiger partial charge in [-0.15, -0.1) is 0 Å². The summed E-state index contributed by atoms with van der Waals surface area (Å²) >= 11 is 0. The van der Waals surface area contributed by atoms with E-state index in [0.29, 0.717) is 12.2 Å². The summed E-state index contributed by atoms with van der Waals surface area (Å²) in [6.07, 6.45) is 6.56. The highest BCUT2D eigenvalue weighted by atomic mass is 16.1. The Bertz CT molecular complexity index is 1010. The molecule has 1 atom stereocenters. The molecule has 0 aliphatic carbocycles. The van der Waals surface area contributed by atoms with Gasteiger partial charge in [-0.2, -0.15) is 0 Å². The number of aromatic amines is 1. The third-order valence-electron chi connectivity index (χ3n) is 4.46. The smallest absolute Gasteiger partial charge is 0.271 e. The van der Waals surface area contributed by atoms with E-state index in [-0.39, 0.29) is 11.8 Å². The van der Waals surface area contributed by atoms with Gasteiger partial charge in [0.05, 0.1) is 6.20 Å². The second kappa shape index (κ2) is 7.19. The van der Waals surface area contributed by atoms with Crippen LogP contribution in [0, 0.1) is 0 Å². The predicted octanol–water partition coefficient (Wildman–Crippen LogP) is 3.52. The monoisotopic (exact) mass is 342 g/mol. The lowest BCUT2D eigenvalue weighted by molar-refractivity contribution is 0.0947. The average molecular weight is 342 g/mol. The van der Waals surface area contributed by atoms with Gasteiger partial charge in [0, 0.05) is 42.0 Å². The number of amides is 1. The summed E-state index contributed by atoms with van der Waals surface area (Å²) < 4.78 is 0. The van der Waals surface area contributed by atoms with E-state index in [2.05, 4.69) is 44.5 Å². The molecule has 1 amide bonds. The summed E-state index contributed by atoms with van der Waals surface area (Å²) in [6, 6.07) is 18.4. The quantitative estimate of drug-likeness (QED) is 0.583. The van der Waals surface area contributed by atoms with Crippen LogP contribution in [-0.2, 0) is 0 Å². The fourth-order valence-corrected chi connectivity index (χ4v) is 3.18. The summed E-state index contributed by atoms with van der Waals surface area (Å²) in [7, 11) is 0. The lowest BCUT2D eigenvalue weighted by Crippen LogP contribution is -2.29. The predicted molar refractivity (Wildman–Crippen MR) is 101 cm³/mol. The number of hydrogen-bond donors (Lipinski definition) is 2. The molecule has 5 heteroatoms. The fourth-order valence-electron chi connectivity index (χ4n) is 3.18. The van der Waals surface area contributed by atoms with Gasteiger partial charge in [-0.1, -0.05) is 48.5 Å². The Kier molecular flexibility index (Phi) is 4.43. The van der Waals surface area contributed by atoms with E-state index in [1.54, 1.807) is 6.20 Å². The zero-order valence-corrected chi connectivity index (χ0v) is 14.1. The lowest BCUT2D eigenvalue weighted by atomic mass is 9.91. The SMILES string of the molecule is O=C(NC[C@@H](c1ccccc1)c1c[nH]c2ccccc12)c1cnccn1. The van der Waals surface area contributed by atoms with Crippen LogP contribution in [-0.4, -0.2) is 27.4 Å². The first-order valence-electron chi connectivity index (χ1n) is 8.48. The Morgan fingerprint density at radius 2 is 1.85 bits per heavy atom. The highest BCUT2D eigenvalue weighted by molar-refractivity contribution is 5.92. The van der Waals surface area contributed by atoms with E-state index >= 15 is 0 Å². The number of nitrogens with one attached hydrogen (secondary N) is 2. The van der Waals surface area contributed by atoms with Crippen molar-refractivity contribution < 1.29 is 4.79 Å². The fraction of sp³-hybridized carbons (Fsp3) is 0.0952. The normalized spacial score (nSPS) is 12.0. The maximum atomic E-state index is 12.4. The molecule has 2 aromatic heterocycles. The Balaban J connectivity index is 1.65.